The minimum atomic E-state index is -0.456. The van der Waals surface area contributed by atoms with Gasteiger partial charge in [-0.25, -0.2) is 8.78 Å². The van der Waals surface area contributed by atoms with Gasteiger partial charge in [0.2, 0.25) is 0 Å². The Morgan fingerprint density at radius 3 is 2.79 bits per heavy atom. The normalized spacial score (nSPS) is 32.6. The smallest absolute Gasteiger partial charge is 0.193 e. The van der Waals surface area contributed by atoms with Gasteiger partial charge < -0.3 is 15.0 Å². The van der Waals surface area contributed by atoms with Crippen LogP contribution >= 0.6 is 0 Å². The summed E-state index contributed by atoms with van der Waals surface area (Å²) in [7, 11) is 1.76. The molecule has 3 aliphatic rings. The summed E-state index contributed by atoms with van der Waals surface area (Å²) in [4.78, 5) is 6.63. The molecule has 0 bridgehead atoms. The number of rotatable bonds is 2. The van der Waals surface area contributed by atoms with Gasteiger partial charge in [0.05, 0.1) is 6.61 Å². The van der Waals surface area contributed by atoms with Crippen LogP contribution in [0.25, 0.3) is 0 Å². The van der Waals surface area contributed by atoms with Crippen molar-refractivity contribution in [3.63, 3.8) is 0 Å². The van der Waals surface area contributed by atoms with Crippen molar-refractivity contribution in [2.75, 3.05) is 33.4 Å². The van der Waals surface area contributed by atoms with E-state index in [-0.39, 0.29) is 22.9 Å². The number of halogens is 2. The van der Waals surface area contributed by atoms with Crippen LogP contribution in [0.2, 0.25) is 0 Å². The van der Waals surface area contributed by atoms with Crippen LogP contribution in [0.1, 0.15) is 30.7 Å². The Balaban J connectivity index is 1.41. The Kier molecular flexibility index (Phi) is 3.95. The average Bonchev–Trinajstić information content (AvgIpc) is 2.97. The number of hydrogen-bond donors (Lipinski definition) is 1. The Morgan fingerprint density at radius 2 is 2.12 bits per heavy atom. The summed E-state index contributed by atoms with van der Waals surface area (Å²) in [6, 6.07) is 4.11. The van der Waals surface area contributed by atoms with Crippen molar-refractivity contribution < 1.29 is 13.5 Å². The zero-order valence-corrected chi connectivity index (χ0v) is 13.9. The molecular weight excluding hydrogens is 312 g/mol. The fourth-order valence-corrected chi connectivity index (χ4v) is 4.09. The van der Waals surface area contributed by atoms with Gasteiger partial charge in [-0.1, -0.05) is 6.07 Å². The second-order valence-electron chi connectivity index (χ2n) is 7.25. The van der Waals surface area contributed by atoms with Gasteiger partial charge in [0, 0.05) is 49.7 Å². The zero-order valence-electron chi connectivity index (χ0n) is 13.9. The highest BCUT2D eigenvalue weighted by Gasteiger charge is 2.45. The minimum Gasteiger partial charge on any atom is -0.381 e. The maximum Gasteiger partial charge on any atom is 0.193 e. The summed E-state index contributed by atoms with van der Waals surface area (Å²) >= 11 is 0. The van der Waals surface area contributed by atoms with Gasteiger partial charge in [-0.15, -0.1) is 0 Å². The van der Waals surface area contributed by atoms with E-state index in [1.165, 1.54) is 18.2 Å². The molecule has 1 aromatic carbocycles. The largest absolute Gasteiger partial charge is 0.381 e. The van der Waals surface area contributed by atoms with E-state index < -0.39 is 11.6 Å². The highest BCUT2D eigenvalue weighted by molar-refractivity contribution is 5.81. The Labute approximate surface area is 140 Å². The lowest BCUT2D eigenvalue weighted by atomic mass is 9.87. The van der Waals surface area contributed by atoms with Crippen LogP contribution in [0.4, 0.5) is 8.78 Å². The zero-order chi connectivity index (χ0) is 16.7. The fraction of sp³-hybridized carbons (Fsp3) is 0.611. The van der Waals surface area contributed by atoms with Gasteiger partial charge in [0.25, 0.3) is 0 Å². The molecule has 1 saturated carbocycles. The van der Waals surface area contributed by atoms with Gasteiger partial charge in [-0.2, -0.15) is 0 Å². The molecule has 0 aromatic heterocycles. The number of benzene rings is 1. The van der Waals surface area contributed by atoms with Crippen molar-refractivity contribution in [2.24, 2.45) is 10.4 Å². The van der Waals surface area contributed by atoms with E-state index in [4.69, 9.17) is 4.74 Å². The number of guanidine groups is 1. The van der Waals surface area contributed by atoms with Gasteiger partial charge in [-0.3, -0.25) is 4.99 Å². The van der Waals surface area contributed by atoms with E-state index in [0.29, 0.717) is 0 Å². The molecule has 2 aliphatic heterocycles. The van der Waals surface area contributed by atoms with Gasteiger partial charge in [-0.05, 0) is 31.4 Å². The first-order valence-corrected chi connectivity index (χ1v) is 8.62. The molecule has 1 aromatic rings. The van der Waals surface area contributed by atoms with Crippen LogP contribution in [0.15, 0.2) is 23.2 Å². The van der Waals surface area contributed by atoms with Crippen LogP contribution in [-0.4, -0.2) is 50.3 Å². The van der Waals surface area contributed by atoms with Crippen LogP contribution in [-0.2, 0) is 4.74 Å². The van der Waals surface area contributed by atoms with Gasteiger partial charge in [0.1, 0.15) is 11.6 Å². The van der Waals surface area contributed by atoms with Crippen LogP contribution < -0.4 is 5.32 Å². The third-order valence-corrected chi connectivity index (χ3v) is 5.61. The summed E-state index contributed by atoms with van der Waals surface area (Å²) in [6.07, 6.45) is 2.95. The van der Waals surface area contributed by atoms with Crippen LogP contribution in [0.5, 0.6) is 0 Å². The van der Waals surface area contributed by atoms with E-state index >= 15 is 0 Å². The Morgan fingerprint density at radius 1 is 1.33 bits per heavy atom. The molecule has 1 aliphatic carbocycles. The van der Waals surface area contributed by atoms with E-state index in [0.717, 1.165) is 51.5 Å². The molecule has 130 valence electrons. The number of nitrogens with zero attached hydrogens (tertiary/aromatic N) is 2. The number of ether oxygens (including phenoxy) is 1. The molecule has 24 heavy (non-hydrogen) atoms. The van der Waals surface area contributed by atoms with Crippen molar-refractivity contribution in [2.45, 2.75) is 31.2 Å². The topological polar surface area (TPSA) is 36.9 Å². The molecule has 3 unspecified atom stereocenters. The first-order chi connectivity index (χ1) is 11.6. The molecular formula is C18H23F2N3O. The monoisotopic (exact) mass is 335 g/mol. The number of nitrogens with one attached hydrogen (secondary N) is 1. The van der Waals surface area contributed by atoms with Crippen molar-refractivity contribution in [3.05, 3.63) is 35.4 Å². The third kappa shape index (κ3) is 2.77. The highest BCUT2D eigenvalue weighted by atomic mass is 19.1. The molecule has 6 heteroatoms. The summed E-state index contributed by atoms with van der Waals surface area (Å²) < 4.78 is 33.4. The summed E-state index contributed by atoms with van der Waals surface area (Å²) in [5.41, 5.74) is 0.464. The molecule has 0 amide bonds. The molecule has 4 rings (SSSR count). The fourth-order valence-electron chi connectivity index (χ4n) is 4.09. The highest BCUT2D eigenvalue weighted by Crippen LogP contribution is 2.44. The lowest BCUT2D eigenvalue weighted by molar-refractivity contribution is 0.156. The molecule has 3 fully saturated rings. The van der Waals surface area contributed by atoms with Gasteiger partial charge in [0.15, 0.2) is 5.96 Å². The molecule has 1 N–H and O–H groups in total. The van der Waals surface area contributed by atoms with E-state index in [1.54, 1.807) is 7.05 Å². The molecule has 0 radical (unpaired) electrons. The minimum absolute atomic E-state index is 0.0477. The number of aliphatic imine (C=N–C) groups is 1. The maximum absolute atomic E-state index is 13.9. The second-order valence-corrected chi connectivity index (χ2v) is 7.25. The molecule has 3 atom stereocenters. The molecule has 2 saturated heterocycles. The Bertz CT molecular complexity index is 637. The summed E-state index contributed by atoms with van der Waals surface area (Å²) in [6.45, 7) is 3.57. The van der Waals surface area contributed by atoms with Crippen molar-refractivity contribution >= 4 is 5.96 Å². The van der Waals surface area contributed by atoms with Crippen molar-refractivity contribution in [1.29, 1.82) is 0 Å². The third-order valence-electron chi connectivity index (χ3n) is 5.61. The first-order valence-electron chi connectivity index (χ1n) is 8.62. The SMILES string of the molecule is CN=C(NC1CC1c1c(F)cccc1F)N1CCC2(CCOC2)C1. The lowest BCUT2D eigenvalue weighted by Crippen LogP contribution is -2.42. The summed E-state index contributed by atoms with van der Waals surface area (Å²) in [5, 5.41) is 3.39. The predicted molar refractivity (Wildman–Crippen MR) is 88.1 cm³/mol. The lowest BCUT2D eigenvalue weighted by Gasteiger charge is -2.25. The number of hydrogen-bond acceptors (Lipinski definition) is 2. The van der Waals surface area contributed by atoms with Crippen molar-refractivity contribution in [1.82, 2.24) is 10.2 Å². The number of likely N-dealkylation sites (tertiary alicyclic amines) is 1. The predicted octanol–water partition coefficient (Wildman–Crippen LogP) is 2.51. The van der Waals surface area contributed by atoms with Crippen LogP contribution in [0.3, 0.4) is 0 Å². The van der Waals surface area contributed by atoms with Crippen molar-refractivity contribution in [3.8, 4) is 0 Å². The average molecular weight is 335 g/mol. The van der Waals surface area contributed by atoms with E-state index in [2.05, 4.69) is 15.2 Å². The quantitative estimate of drug-likeness (QED) is 0.666. The molecule has 1 spiro atoms. The standard InChI is InChI=1S/C18H23F2N3O/c1-21-17(23-7-5-18(10-23)6-8-24-11-18)22-15-9-12(15)16-13(19)3-2-4-14(16)20/h2-4,12,15H,5-11H2,1H3,(H,21,22). The maximum atomic E-state index is 13.9. The van der Waals surface area contributed by atoms with Gasteiger partial charge >= 0.3 is 0 Å². The summed E-state index contributed by atoms with van der Waals surface area (Å²) in [5.74, 6) is -0.192. The molecule has 4 nitrogen and oxygen atoms in total. The van der Waals surface area contributed by atoms with E-state index in [9.17, 15) is 8.78 Å². The van der Waals surface area contributed by atoms with Crippen LogP contribution in [0, 0.1) is 17.0 Å². The van der Waals surface area contributed by atoms with E-state index in [1.807, 2.05) is 0 Å². The Hall–Kier alpha value is -1.69. The first kappa shape index (κ1) is 15.8. The second kappa shape index (κ2) is 5.99. The molecule has 2 heterocycles.